The zero-order valence-corrected chi connectivity index (χ0v) is 16.6. The highest BCUT2D eigenvalue weighted by Gasteiger charge is 2.46. The van der Waals surface area contributed by atoms with E-state index in [2.05, 4.69) is 27.4 Å². The molecule has 0 saturated carbocycles. The van der Waals surface area contributed by atoms with Crippen LogP contribution in [-0.4, -0.2) is 47.4 Å². The summed E-state index contributed by atoms with van der Waals surface area (Å²) in [4.78, 5) is 21.3. The van der Waals surface area contributed by atoms with E-state index in [1.165, 1.54) is 16.5 Å². The fraction of sp³-hybridized carbons (Fsp3) is 0.409. The Morgan fingerprint density at radius 3 is 2.82 bits per heavy atom. The molecule has 0 bridgehead atoms. The fourth-order valence-electron chi connectivity index (χ4n) is 5.04. The van der Waals surface area contributed by atoms with Crippen LogP contribution < -0.4 is 0 Å². The summed E-state index contributed by atoms with van der Waals surface area (Å²) in [5, 5.41) is 3.23. The first-order valence-electron chi connectivity index (χ1n) is 9.97. The van der Waals surface area contributed by atoms with Gasteiger partial charge in [-0.3, -0.25) is 4.79 Å². The minimum atomic E-state index is -0.287. The maximum absolute atomic E-state index is 13.7. The van der Waals surface area contributed by atoms with Crippen molar-refractivity contribution in [2.75, 3.05) is 26.2 Å². The van der Waals surface area contributed by atoms with Crippen molar-refractivity contribution >= 4 is 28.6 Å². The van der Waals surface area contributed by atoms with Gasteiger partial charge in [0.15, 0.2) is 0 Å². The van der Waals surface area contributed by atoms with Crippen LogP contribution in [0.4, 0.5) is 4.39 Å². The standard InChI is InChI=1S/C22H24FN3OS/c23-16-3-4-18-19-6-10-26(15-27)22(21(19)24-20(18)14-16)7-11-25(12-8-22)9-5-17-2-1-13-28-17/h1-4,13-15,24H,5-12H2. The van der Waals surface area contributed by atoms with Gasteiger partial charge < -0.3 is 14.8 Å². The molecule has 4 nitrogen and oxygen atoms in total. The third kappa shape index (κ3) is 2.86. The molecular formula is C22H24FN3OS. The Bertz CT molecular complexity index is 989. The van der Waals surface area contributed by atoms with Crippen LogP contribution >= 0.6 is 11.3 Å². The molecule has 1 fully saturated rings. The lowest BCUT2D eigenvalue weighted by Gasteiger charge is -2.49. The molecule has 0 radical (unpaired) electrons. The Morgan fingerprint density at radius 2 is 2.07 bits per heavy atom. The quantitative estimate of drug-likeness (QED) is 0.678. The number of halogens is 1. The highest BCUT2D eigenvalue weighted by atomic mass is 32.1. The molecule has 1 amide bonds. The molecule has 1 saturated heterocycles. The highest BCUT2D eigenvalue weighted by Crippen LogP contribution is 2.44. The van der Waals surface area contributed by atoms with Crippen molar-refractivity contribution < 1.29 is 9.18 Å². The van der Waals surface area contributed by atoms with Crippen LogP contribution in [0.2, 0.25) is 0 Å². The lowest BCUT2D eigenvalue weighted by molar-refractivity contribution is -0.127. The number of benzene rings is 1. The van der Waals surface area contributed by atoms with Gasteiger partial charge in [0.1, 0.15) is 5.82 Å². The lowest BCUT2D eigenvalue weighted by Crippen LogP contribution is -2.56. The Hall–Kier alpha value is -2.18. The van der Waals surface area contributed by atoms with Crippen molar-refractivity contribution in [2.24, 2.45) is 0 Å². The second kappa shape index (κ2) is 7.01. The number of fused-ring (bicyclic) bond motifs is 4. The van der Waals surface area contributed by atoms with Crippen molar-refractivity contribution in [2.45, 2.75) is 31.2 Å². The maximum atomic E-state index is 13.7. The average Bonchev–Trinajstić information content (AvgIpc) is 3.35. The number of nitrogens with zero attached hydrogens (tertiary/aromatic N) is 2. The van der Waals surface area contributed by atoms with Gasteiger partial charge in [-0.15, -0.1) is 11.3 Å². The summed E-state index contributed by atoms with van der Waals surface area (Å²) in [6.07, 6.45) is 4.75. The van der Waals surface area contributed by atoms with Gasteiger partial charge in [-0.2, -0.15) is 0 Å². The Morgan fingerprint density at radius 1 is 1.21 bits per heavy atom. The normalized spacial score (nSPS) is 19.2. The molecule has 2 aromatic heterocycles. The molecule has 0 aliphatic carbocycles. The maximum Gasteiger partial charge on any atom is 0.210 e. The van der Waals surface area contributed by atoms with Crippen molar-refractivity contribution in [3.8, 4) is 0 Å². The average molecular weight is 398 g/mol. The largest absolute Gasteiger partial charge is 0.356 e. The third-order valence-electron chi connectivity index (χ3n) is 6.55. The van der Waals surface area contributed by atoms with Gasteiger partial charge >= 0.3 is 0 Å². The van der Waals surface area contributed by atoms with Crippen LogP contribution in [0.3, 0.4) is 0 Å². The Labute approximate surface area is 168 Å². The van der Waals surface area contributed by atoms with Crippen LogP contribution in [0.5, 0.6) is 0 Å². The molecule has 28 heavy (non-hydrogen) atoms. The van der Waals surface area contributed by atoms with Gasteiger partial charge in [0.25, 0.3) is 0 Å². The summed E-state index contributed by atoms with van der Waals surface area (Å²) in [7, 11) is 0. The molecule has 6 heteroatoms. The highest BCUT2D eigenvalue weighted by molar-refractivity contribution is 7.09. The number of aromatic nitrogens is 1. The predicted molar refractivity (Wildman–Crippen MR) is 110 cm³/mol. The van der Waals surface area contributed by atoms with Gasteiger partial charge in [-0.05, 0) is 60.9 Å². The lowest BCUT2D eigenvalue weighted by atomic mass is 9.78. The number of likely N-dealkylation sites (tertiary alicyclic amines) is 1. The SMILES string of the molecule is O=CN1CCc2c([nH]c3cc(F)ccc23)C12CCN(CCc1cccs1)CC2. The van der Waals surface area contributed by atoms with E-state index in [0.717, 1.165) is 74.9 Å². The van der Waals surface area contributed by atoms with Crippen LogP contribution in [0.15, 0.2) is 35.7 Å². The van der Waals surface area contributed by atoms with Crippen LogP contribution in [0, 0.1) is 5.82 Å². The van der Waals surface area contributed by atoms with Crippen molar-refractivity contribution in [3.05, 3.63) is 57.7 Å². The predicted octanol–water partition coefficient (Wildman–Crippen LogP) is 3.92. The van der Waals surface area contributed by atoms with E-state index in [1.54, 1.807) is 6.07 Å². The first-order valence-corrected chi connectivity index (χ1v) is 10.8. The third-order valence-corrected chi connectivity index (χ3v) is 7.49. The number of H-pyrrole nitrogens is 1. The number of hydrogen-bond acceptors (Lipinski definition) is 3. The molecule has 2 aliphatic heterocycles. The van der Waals surface area contributed by atoms with Gasteiger partial charge in [-0.25, -0.2) is 4.39 Å². The first kappa shape index (κ1) is 17.9. The van der Waals surface area contributed by atoms with Gasteiger partial charge in [0.2, 0.25) is 6.41 Å². The number of rotatable bonds is 4. The summed E-state index contributed by atoms with van der Waals surface area (Å²) in [5.74, 6) is -0.226. The van der Waals surface area contributed by atoms with E-state index in [4.69, 9.17) is 0 Å². The number of amides is 1. The molecule has 1 aromatic carbocycles. The van der Waals surface area contributed by atoms with E-state index in [9.17, 15) is 9.18 Å². The topological polar surface area (TPSA) is 39.3 Å². The number of thiophene rings is 1. The van der Waals surface area contributed by atoms with E-state index in [1.807, 2.05) is 22.3 Å². The summed E-state index contributed by atoms with van der Waals surface area (Å²) in [6, 6.07) is 9.28. The second-order valence-corrected chi connectivity index (χ2v) is 8.95. The van der Waals surface area contributed by atoms with Crippen LogP contribution in [0.1, 0.15) is 29.0 Å². The number of nitrogens with one attached hydrogen (secondary N) is 1. The minimum absolute atomic E-state index is 0.226. The van der Waals surface area contributed by atoms with Gasteiger partial charge in [-0.1, -0.05) is 6.07 Å². The van der Waals surface area contributed by atoms with Crippen molar-refractivity contribution in [3.63, 3.8) is 0 Å². The molecule has 5 rings (SSSR count). The van der Waals surface area contributed by atoms with E-state index in [-0.39, 0.29) is 11.4 Å². The molecule has 0 unspecified atom stereocenters. The van der Waals surface area contributed by atoms with Crippen LogP contribution in [0.25, 0.3) is 10.9 Å². The van der Waals surface area contributed by atoms with Gasteiger partial charge in [0.05, 0.1) is 5.54 Å². The summed E-state index contributed by atoms with van der Waals surface area (Å²) >= 11 is 1.81. The minimum Gasteiger partial charge on any atom is -0.356 e. The first-order chi connectivity index (χ1) is 13.7. The Kier molecular flexibility index (Phi) is 4.48. The number of hydrogen-bond donors (Lipinski definition) is 1. The Balaban J connectivity index is 1.42. The fourth-order valence-corrected chi connectivity index (χ4v) is 5.73. The molecule has 1 spiro atoms. The molecular weight excluding hydrogens is 373 g/mol. The number of aromatic amines is 1. The van der Waals surface area contributed by atoms with Crippen molar-refractivity contribution in [1.29, 1.82) is 0 Å². The summed E-state index contributed by atoms with van der Waals surface area (Å²) in [5.41, 5.74) is 2.95. The molecule has 2 aliphatic rings. The zero-order chi connectivity index (χ0) is 19.1. The van der Waals surface area contributed by atoms with E-state index < -0.39 is 0 Å². The molecule has 3 aromatic rings. The molecule has 1 N–H and O–H groups in total. The monoisotopic (exact) mass is 397 g/mol. The van der Waals surface area contributed by atoms with Gasteiger partial charge in [0, 0.05) is 47.7 Å². The van der Waals surface area contributed by atoms with E-state index >= 15 is 0 Å². The number of carbonyl (C=O) groups excluding carboxylic acids is 1. The van der Waals surface area contributed by atoms with E-state index in [0.29, 0.717) is 0 Å². The molecule has 146 valence electrons. The second-order valence-electron chi connectivity index (χ2n) is 7.92. The van der Waals surface area contributed by atoms with Crippen molar-refractivity contribution in [1.82, 2.24) is 14.8 Å². The summed E-state index contributed by atoms with van der Waals surface area (Å²) < 4.78 is 13.7. The number of piperidine rings is 1. The zero-order valence-electron chi connectivity index (χ0n) is 15.8. The number of carbonyl (C=O) groups is 1. The van der Waals surface area contributed by atoms with Crippen LogP contribution in [-0.2, 0) is 23.2 Å². The smallest absolute Gasteiger partial charge is 0.210 e. The molecule has 0 atom stereocenters. The summed E-state index contributed by atoms with van der Waals surface area (Å²) in [6.45, 7) is 3.73. The molecule has 4 heterocycles.